The Labute approximate surface area is 173 Å². The molecule has 4 rings (SSSR count). The smallest absolute Gasteiger partial charge is 0.227 e. The minimum atomic E-state index is 0.173. The van der Waals surface area contributed by atoms with Crippen molar-refractivity contribution in [3.63, 3.8) is 0 Å². The summed E-state index contributed by atoms with van der Waals surface area (Å²) in [6.07, 6.45) is 5.40. The van der Waals surface area contributed by atoms with E-state index in [1.54, 1.807) is 11.1 Å². The first kappa shape index (κ1) is 19.9. The number of aromatic nitrogens is 1. The van der Waals surface area contributed by atoms with E-state index < -0.39 is 0 Å². The number of ether oxygens (including phenoxy) is 1. The second kappa shape index (κ2) is 8.15. The summed E-state index contributed by atoms with van der Waals surface area (Å²) in [6.45, 7) is 11.0. The average Bonchev–Trinajstić information content (AvgIpc) is 3.00. The van der Waals surface area contributed by atoms with E-state index in [1.807, 2.05) is 18.2 Å². The number of amides is 1. The third-order valence-electron chi connectivity index (χ3n) is 5.60. The Balaban J connectivity index is 1.42. The molecule has 0 N–H and O–H groups in total. The Morgan fingerprint density at radius 3 is 2.45 bits per heavy atom. The van der Waals surface area contributed by atoms with Crippen LogP contribution in [0.15, 0.2) is 36.5 Å². The van der Waals surface area contributed by atoms with Crippen LogP contribution in [0.3, 0.4) is 0 Å². The highest BCUT2D eigenvalue weighted by molar-refractivity contribution is 5.95. The molecule has 29 heavy (non-hydrogen) atoms. The Bertz CT molecular complexity index is 871. The summed E-state index contributed by atoms with van der Waals surface area (Å²) in [5, 5.41) is 0. The lowest BCUT2D eigenvalue weighted by Crippen LogP contribution is -2.34. The number of rotatable bonds is 4. The molecule has 2 aliphatic rings. The molecule has 0 spiro atoms. The minimum absolute atomic E-state index is 0.173. The highest BCUT2D eigenvalue weighted by atomic mass is 16.5. The van der Waals surface area contributed by atoms with Gasteiger partial charge < -0.3 is 14.5 Å². The van der Waals surface area contributed by atoms with Crippen molar-refractivity contribution >= 4 is 11.6 Å². The van der Waals surface area contributed by atoms with Crippen LogP contribution in [0.25, 0.3) is 0 Å². The molecule has 1 saturated heterocycles. The van der Waals surface area contributed by atoms with Crippen LogP contribution >= 0.6 is 0 Å². The van der Waals surface area contributed by atoms with Gasteiger partial charge in [-0.15, -0.1) is 0 Å². The minimum Gasteiger partial charge on any atom is -0.439 e. The van der Waals surface area contributed by atoms with Crippen LogP contribution in [0, 0.1) is 5.41 Å². The van der Waals surface area contributed by atoms with Crippen LogP contribution in [0.1, 0.15) is 44.7 Å². The Hall–Kier alpha value is -2.40. The molecule has 2 aromatic rings. The van der Waals surface area contributed by atoms with Crippen molar-refractivity contribution in [2.24, 2.45) is 5.41 Å². The van der Waals surface area contributed by atoms with E-state index in [-0.39, 0.29) is 5.91 Å². The molecule has 1 fully saturated rings. The SMILES string of the molecule is CC(C)(C)CN1CCc2ccc(Oc3ccc(N4CCCC4=O)cn3)cc2CC1. The van der Waals surface area contributed by atoms with Crippen molar-refractivity contribution in [3.05, 3.63) is 47.7 Å². The van der Waals surface area contributed by atoms with Crippen LogP contribution in [-0.2, 0) is 17.6 Å². The first-order valence-corrected chi connectivity index (χ1v) is 10.7. The van der Waals surface area contributed by atoms with Gasteiger partial charge in [0.05, 0.1) is 11.9 Å². The Kier molecular flexibility index (Phi) is 5.59. The molecule has 0 atom stereocenters. The third kappa shape index (κ3) is 4.96. The van der Waals surface area contributed by atoms with E-state index in [9.17, 15) is 4.79 Å². The van der Waals surface area contributed by atoms with E-state index in [1.165, 1.54) is 11.1 Å². The first-order valence-electron chi connectivity index (χ1n) is 10.7. The molecule has 0 radical (unpaired) electrons. The van der Waals surface area contributed by atoms with Crippen LogP contribution < -0.4 is 9.64 Å². The third-order valence-corrected chi connectivity index (χ3v) is 5.60. The van der Waals surface area contributed by atoms with Crippen LogP contribution in [0.2, 0.25) is 0 Å². The second-order valence-electron chi connectivity index (χ2n) is 9.37. The zero-order valence-electron chi connectivity index (χ0n) is 17.8. The lowest BCUT2D eigenvalue weighted by atomic mass is 9.96. The molecule has 0 bridgehead atoms. The average molecular weight is 394 g/mol. The van der Waals surface area contributed by atoms with Gasteiger partial charge in [-0.1, -0.05) is 26.8 Å². The molecular weight excluding hydrogens is 362 g/mol. The number of hydrogen-bond donors (Lipinski definition) is 0. The summed E-state index contributed by atoms with van der Waals surface area (Å²) in [5.41, 5.74) is 3.96. The molecule has 1 amide bonds. The van der Waals surface area contributed by atoms with Gasteiger partial charge >= 0.3 is 0 Å². The summed E-state index contributed by atoms with van der Waals surface area (Å²) in [4.78, 5) is 20.7. The summed E-state index contributed by atoms with van der Waals surface area (Å²) >= 11 is 0. The van der Waals surface area contributed by atoms with Crippen LogP contribution in [0.4, 0.5) is 5.69 Å². The molecule has 5 heteroatoms. The largest absolute Gasteiger partial charge is 0.439 e. The van der Waals surface area contributed by atoms with E-state index in [4.69, 9.17) is 4.74 Å². The quantitative estimate of drug-likeness (QED) is 0.770. The highest BCUT2D eigenvalue weighted by Crippen LogP contribution is 2.28. The van der Waals surface area contributed by atoms with Gasteiger partial charge in [0, 0.05) is 38.7 Å². The number of benzene rings is 1. The molecule has 154 valence electrons. The summed E-state index contributed by atoms with van der Waals surface area (Å²) in [6, 6.07) is 10.2. The van der Waals surface area contributed by atoms with E-state index >= 15 is 0 Å². The fraction of sp³-hybridized carbons (Fsp3) is 0.500. The second-order valence-corrected chi connectivity index (χ2v) is 9.37. The fourth-order valence-electron chi connectivity index (χ4n) is 4.27. The zero-order chi connectivity index (χ0) is 20.4. The van der Waals surface area contributed by atoms with Crippen molar-refractivity contribution < 1.29 is 9.53 Å². The van der Waals surface area contributed by atoms with Crippen molar-refractivity contribution in [2.75, 3.05) is 31.1 Å². The first-order chi connectivity index (χ1) is 13.9. The molecule has 1 aromatic carbocycles. The van der Waals surface area contributed by atoms with Crippen molar-refractivity contribution in [1.82, 2.24) is 9.88 Å². The maximum atomic E-state index is 11.9. The molecule has 2 aliphatic heterocycles. The summed E-state index contributed by atoms with van der Waals surface area (Å²) in [5.74, 6) is 1.56. The number of nitrogens with zero attached hydrogens (tertiary/aromatic N) is 3. The lowest BCUT2D eigenvalue weighted by molar-refractivity contribution is -0.117. The summed E-state index contributed by atoms with van der Waals surface area (Å²) in [7, 11) is 0. The fourth-order valence-corrected chi connectivity index (χ4v) is 4.27. The number of pyridine rings is 1. The topological polar surface area (TPSA) is 45.7 Å². The molecule has 0 unspecified atom stereocenters. The van der Waals surface area contributed by atoms with Gasteiger partial charge in [-0.2, -0.15) is 0 Å². The number of carbonyl (C=O) groups is 1. The number of carbonyl (C=O) groups excluding carboxylic acids is 1. The maximum absolute atomic E-state index is 11.9. The standard InChI is InChI=1S/C24H31N3O2/c1-24(2,3)17-26-13-10-18-6-8-21(15-19(18)11-14-26)29-22-9-7-20(16-25-22)27-12-4-5-23(27)28/h6-9,15-16H,4-5,10-14,17H2,1-3H3. The monoisotopic (exact) mass is 393 g/mol. The van der Waals surface area contributed by atoms with Crippen molar-refractivity contribution in [2.45, 2.75) is 46.5 Å². The Morgan fingerprint density at radius 1 is 1.00 bits per heavy atom. The normalized spacial score (nSPS) is 17.9. The maximum Gasteiger partial charge on any atom is 0.227 e. The predicted molar refractivity (Wildman–Crippen MR) is 116 cm³/mol. The number of hydrogen-bond acceptors (Lipinski definition) is 4. The van der Waals surface area contributed by atoms with Gasteiger partial charge in [0.25, 0.3) is 0 Å². The van der Waals surface area contributed by atoms with Gasteiger partial charge in [0.15, 0.2) is 0 Å². The van der Waals surface area contributed by atoms with Gasteiger partial charge in [-0.3, -0.25) is 4.79 Å². The number of fused-ring (bicyclic) bond motifs is 1. The van der Waals surface area contributed by atoms with Crippen molar-refractivity contribution in [1.29, 1.82) is 0 Å². The highest BCUT2D eigenvalue weighted by Gasteiger charge is 2.22. The zero-order valence-corrected chi connectivity index (χ0v) is 17.8. The molecule has 3 heterocycles. The van der Waals surface area contributed by atoms with E-state index in [0.717, 1.165) is 56.9 Å². The van der Waals surface area contributed by atoms with Gasteiger partial charge in [0.1, 0.15) is 5.75 Å². The molecule has 1 aromatic heterocycles. The summed E-state index contributed by atoms with van der Waals surface area (Å²) < 4.78 is 6.01. The van der Waals surface area contributed by atoms with Crippen LogP contribution in [0.5, 0.6) is 11.6 Å². The van der Waals surface area contributed by atoms with Crippen LogP contribution in [-0.4, -0.2) is 42.0 Å². The number of anilines is 1. The molecule has 0 aliphatic carbocycles. The van der Waals surface area contributed by atoms with E-state index in [0.29, 0.717) is 17.7 Å². The lowest BCUT2D eigenvalue weighted by Gasteiger charge is -2.28. The predicted octanol–water partition coefficient (Wildman–Crippen LogP) is 4.45. The van der Waals surface area contributed by atoms with E-state index in [2.05, 4.69) is 42.8 Å². The Morgan fingerprint density at radius 2 is 1.79 bits per heavy atom. The van der Waals surface area contributed by atoms with Gasteiger partial charge in [0.2, 0.25) is 11.8 Å². The molecular formula is C24H31N3O2. The van der Waals surface area contributed by atoms with Gasteiger partial charge in [-0.05, 0) is 54.0 Å². The van der Waals surface area contributed by atoms with Gasteiger partial charge in [-0.25, -0.2) is 4.98 Å². The van der Waals surface area contributed by atoms with Crippen molar-refractivity contribution in [3.8, 4) is 11.6 Å². The molecule has 5 nitrogen and oxygen atoms in total. The molecule has 0 saturated carbocycles.